The second-order valence-electron chi connectivity index (χ2n) is 4.89. The van der Waals surface area contributed by atoms with Crippen LogP contribution >= 0.6 is 22.1 Å². The monoisotopic (exact) mass is 403 g/mol. The van der Waals surface area contributed by atoms with E-state index < -0.39 is 54.6 Å². The average Bonchev–Trinajstić information content (AvgIpc) is 2.46. The van der Waals surface area contributed by atoms with Gasteiger partial charge in [0.05, 0.1) is 10.6 Å². The molecule has 3 atom stereocenters. The van der Waals surface area contributed by atoms with E-state index in [1.54, 1.807) is 0 Å². The van der Waals surface area contributed by atoms with E-state index in [0.717, 1.165) is 20.8 Å². The molecule has 0 aromatic heterocycles. The topological polar surface area (TPSA) is 163 Å². The molecule has 1 radical (unpaired) electrons. The van der Waals surface area contributed by atoms with Crippen LogP contribution in [0, 0.1) is 6.07 Å². The first-order chi connectivity index (χ1) is 10.6. The van der Waals surface area contributed by atoms with E-state index >= 15 is 0 Å². The van der Waals surface area contributed by atoms with Crippen LogP contribution in [0.4, 0.5) is 0 Å². The number of carbonyl (C=O) groups excluding carboxylic acids is 3. The van der Waals surface area contributed by atoms with Gasteiger partial charge >= 0.3 is 18.9 Å². The Morgan fingerprint density at radius 3 is 1.28 bits per heavy atom. The average molecular weight is 403 g/mol. The summed E-state index contributed by atoms with van der Waals surface area (Å²) in [4.78, 5) is 63.4. The Kier molecular flexibility index (Phi) is 7.77. The van der Waals surface area contributed by atoms with Crippen molar-refractivity contribution in [3.8, 4) is 0 Å². The summed E-state index contributed by atoms with van der Waals surface area (Å²) < 4.78 is 36.2. The van der Waals surface area contributed by atoms with Gasteiger partial charge < -0.3 is 14.7 Å². The summed E-state index contributed by atoms with van der Waals surface area (Å²) in [5.41, 5.74) is -3.63. The standard InChI is InChI=1S/C12H14O9P3.Li.H/c1-7(13)22(16,17)10-4-11(23(18,19)8(2)14)6-12(5-10)24(20,21)9(3)15;;/h4-5H,1-3H3,(H,16,17)(H,18,19)(H,20,21);;. The van der Waals surface area contributed by atoms with Crippen LogP contribution in [-0.2, 0) is 28.1 Å². The number of carbonyl (C=O) groups is 3. The van der Waals surface area contributed by atoms with Crippen LogP contribution in [0.15, 0.2) is 12.1 Å². The van der Waals surface area contributed by atoms with Gasteiger partial charge in [0.1, 0.15) is 0 Å². The van der Waals surface area contributed by atoms with E-state index in [-0.39, 0.29) is 18.9 Å². The molecule has 0 aliphatic carbocycles. The number of hydrogen-bond acceptors (Lipinski definition) is 6. The van der Waals surface area contributed by atoms with Crippen molar-refractivity contribution in [3.63, 3.8) is 0 Å². The molecular formula is C12H15LiO9P3. The zero-order chi connectivity index (χ0) is 19.1. The normalized spacial score (nSPS) is 18.0. The van der Waals surface area contributed by atoms with Crippen LogP contribution in [-0.4, -0.2) is 50.1 Å². The van der Waals surface area contributed by atoms with Crippen LogP contribution in [0.25, 0.3) is 0 Å². The minimum atomic E-state index is -4.75. The molecule has 0 heterocycles. The van der Waals surface area contributed by atoms with Gasteiger partial charge in [0.2, 0.25) is 16.6 Å². The molecule has 0 saturated heterocycles. The summed E-state index contributed by atoms with van der Waals surface area (Å²) in [5, 5.41) is -2.42. The quantitative estimate of drug-likeness (QED) is 0.406. The van der Waals surface area contributed by atoms with E-state index in [0.29, 0.717) is 12.1 Å². The fourth-order valence-corrected chi connectivity index (χ4v) is 4.66. The Morgan fingerprint density at radius 1 is 0.760 bits per heavy atom. The van der Waals surface area contributed by atoms with Crippen molar-refractivity contribution in [3.05, 3.63) is 18.2 Å². The first-order valence-electron chi connectivity index (χ1n) is 6.26. The Morgan fingerprint density at radius 2 is 1.04 bits per heavy atom. The Bertz CT molecular complexity index is 765. The van der Waals surface area contributed by atoms with Crippen LogP contribution in [0.2, 0.25) is 0 Å². The van der Waals surface area contributed by atoms with Gasteiger partial charge in [-0.3, -0.25) is 28.1 Å². The molecule has 3 unspecified atom stereocenters. The van der Waals surface area contributed by atoms with E-state index in [9.17, 15) is 42.8 Å². The zero-order valence-corrected chi connectivity index (χ0v) is 15.5. The molecule has 0 amide bonds. The Labute approximate surface area is 155 Å². The molecule has 1 rings (SSSR count). The summed E-state index contributed by atoms with van der Waals surface area (Å²) >= 11 is 0. The van der Waals surface area contributed by atoms with E-state index in [1.165, 1.54) is 0 Å². The zero-order valence-electron chi connectivity index (χ0n) is 12.8. The number of hydrogen-bond donors (Lipinski definition) is 3. The van der Waals surface area contributed by atoms with Gasteiger partial charge in [0.25, 0.3) is 22.1 Å². The maximum absolute atomic E-state index is 12.1. The van der Waals surface area contributed by atoms with Crippen LogP contribution < -0.4 is 15.9 Å². The molecule has 0 aliphatic heterocycles. The Balaban J connectivity index is 0.00000576. The van der Waals surface area contributed by atoms with Gasteiger partial charge in [0, 0.05) is 32.1 Å². The van der Waals surface area contributed by atoms with Crippen molar-refractivity contribution < 1.29 is 42.8 Å². The van der Waals surface area contributed by atoms with Crippen LogP contribution in [0.3, 0.4) is 0 Å². The third-order valence-corrected chi connectivity index (χ3v) is 8.42. The molecule has 0 fully saturated rings. The molecule has 1 aromatic rings. The molecule has 0 spiro atoms. The van der Waals surface area contributed by atoms with Crippen molar-refractivity contribution in [2.75, 3.05) is 0 Å². The fourth-order valence-electron chi connectivity index (χ4n) is 1.55. The number of rotatable bonds is 6. The molecular weight excluding hydrogens is 388 g/mol. The molecule has 1 aromatic carbocycles. The van der Waals surface area contributed by atoms with E-state index in [1.807, 2.05) is 6.07 Å². The predicted molar refractivity (Wildman–Crippen MR) is 92.8 cm³/mol. The van der Waals surface area contributed by atoms with Crippen molar-refractivity contribution in [2.24, 2.45) is 0 Å². The van der Waals surface area contributed by atoms with Crippen LogP contribution in [0.1, 0.15) is 20.8 Å². The van der Waals surface area contributed by atoms with E-state index in [4.69, 9.17) is 0 Å². The van der Waals surface area contributed by atoms with E-state index in [2.05, 4.69) is 0 Å². The first-order valence-corrected chi connectivity index (χ1v) is 11.2. The van der Waals surface area contributed by atoms with Crippen molar-refractivity contribution in [2.45, 2.75) is 20.8 Å². The van der Waals surface area contributed by atoms with Crippen molar-refractivity contribution in [1.82, 2.24) is 0 Å². The maximum atomic E-state index is 12.1. The fraction of sp³-hybridized carbons (Fsp3) is 0.250. The summed E-state index contributed by atoms with van der Waals surface area (Å²) in [5.74, 6) is 0. The summed E-state index contributed by atoms with van der Waals surface area (Å²) in [6, 6.07) is 3.27. The van der Waals surface area contributed by atoms with Crippen LogP contribution in [0.5, 0.6) is 0 Å². The molecule has 3 N–H and O–H groups in total. The molecule has 133 valence electrons. The minimum absolute atomic E-state index is 0. The first kappa shape index (κ1) is 24.4. The van der Waals surface area contributed by atoms with Gasteiger partial charge in [-0.15, -0.1) is 0 Å². The van der Waals surface area contributed by atoms with Gasteiger partial charge in [-0.05, 0) is 12.1 Å². The van der Waals surface area contributed by atoms with Gasteiger partial charge in [0.15, 0.2) is 0 Å². The molecule has 0 aliphatic rings. The Hall–Kier alpha value is -0.603. The van der Waals surface area contributed by atoms with Gasteiger partial charge in [-0.2, -0.15) is 0 Å². The second-order valence-corrected chi connectivity index (χ2v) is 11.7. The molecule has 25 heavy (non-hydrogen) atoms. The molecule has 0 bridgehead atoms. The van der Waals surface area contributed by atoms with Gasteiger partial charge in [-0.25, -0.2) is 0 Å². The second kappa shape index (κ2) is 7.96. The summed E-state index contributed by atoms with van der Waals surface area (Å²) in [6.45, 7) is 2.33. The SMILES string of the molecule is CC(=O)P(=O)(O)c1[c]c(P(=O)(O)C(C)=O)cc(P(=O)(O)C(C)=O)c1.[LiH]. The summed E-state index contributed by atoms with van der Waals surface area (Å²) in [7, 11) is -14.2. The van der Waals surface area contributed by atoms with Gasteiger partial charge in [-0.1, -0.05) is 0 Å². The summed E-state index contributed by atoms with van der Waals surface area (Å²) in [6.07, 6.45) is 0. The van der Waals surface area contributed by atoms with Crippen molar-refractivity contribution in [1.29, 1.82) is 0 Å². The third kappa shape index (κ3) is 4.77. The number of benzene rings is 1. The molecule has 13 heteroatoms. The molecule has 9 nitrogen and oxygen atoms in total. The molecule has 0 saturated carbocycles. The predicted octanol–water partition coefficient (Wildman–Crippen LogP) is -0.835. The third-order valence-electron chi connectivity index (χ3n) is 3.11. The van der Waals surface area contributed by atoms with Crippen molar-refractivity contribution >= 4 is 73.5 Å².